The molecule has 21 heavy (non-hydrogen) atoms. The number of amides is 1. The van der Waals surface area contributed by atoms with Crippen molar-refractivity contribution in [1.82, 2.24) is 5.32 Å². The molecule has 2 aromatic carbocycles. The minimum Gasteiger partial charge on any atom is -0.391 e. The molecule has 1 atom stereocenters. The summed E-state index contributed by atoms with van der Waals surface area (Å²) in [6.07, 6.45) is -0.381. The zero-order chi connectivity index (χ0) is 15.2. The highest BCUT2D eigenvalue weighted by Gasteiger charge is 2.11. The lowest BCUT2D eigenvalue weighted by atomic mass is 10.1. The van der Waals surface area contributed by atoms with Gasteiger partial charge in [0.05, 0.1) is 6.10 Å². The molecule has 2 rings (SSSR count). The molecular formula is C16H15F2NO2. The molecule has 0 fully saturated rings. The van der Waals surface area contributed by atoms with Crippen LogP contribution < -0.4 is 5.32 Å². The predicted octanol–water partition coefficient (Wildman–Crippen LogP) is 2.30. The van der Waals surface area contributed by atoms with Gasteiger partial charge in [0.25, 0.3) is 5.91 Å². The van der Waals surface area contributed by atoms with Crippen molar-refractivity contribution < 1.29 is 18.7 Å². The van der Waals surface area contributed by atoms with Crippen LogP contribution in [0.4, 0.5) is 8.78 Å². The molecule has 0 saturated heterocycles. The molecule has 2 aromatic rings. The molecule has 1 amide bonds. The van der Waals surface area contributed by atoms with E-state index in [1.165, 1.54) is 0 Å². The van der Waals surface area contributed by atoms with Crippen LogP contribution in [0.3, 0.4) is 0 Å². The van der Waals surface area contributed by atoms with Crippen molar-refractivity contribution in [3.8, 4) is 0 Å². The number of nitrogens with one attached hydrogen (secondary N) is 1. The lowest BCUT2D eigenvalue weighted by Gasteiger charge is -2.12. The van der Waals surface area contributed by atoms with Crippen LogP contribution in [0.2, 0.25) is 0 Å². The van der Waals surface area contributed by atoms with Crippen LogP contribution in [0.1, 0.15) is 15.9 Å². The molecule has 5 heteroatoms. The Morgan fingerprint density at radius 3 is 2.33 bits per heavy atom. The minimum atomic E-state index is -0.815. The topological polar surface area (TPSA) is 49.3 Å². The zero-order valence-electron chi connectivity index (χ0n) is 11.2. The zero-order valence-corrected chi connectivity index (χ0v) is 11.2. The molecule has 0 radical (unpaired) electrons. The second-order valence-electron chi connectivity index (χ2n) is 4.71. The lowest BCUT2D eigenvalue weighted by Crippen LogP contribution is -2.33. The van der Waals surface area contributed by atoms with Crippen LogP contribution in [-0.2, 0) is 6.42 Å². The average Bonchev–Trinajstić information content (AvgIpc) is 2.45. The monoisotopic (exact) mass is 291 g/mol. The summed E-state index contributed by atoms with van der Waals surface area (Å²) >= 11 is 0. The van der Waals surface area contributed by atoms with Crippen molar-refractivity contribution in [3.05, 3.63) is 71.3 Å². The number of halogens is 2. The van der Waals surface area contributed by atoms with Crippen molar-refractivity contribution in [1.29, 1.82) is 0 Å². The highest BCUT2D eigenvalue weighted by Crippen LogP contribution is 2.08. The second-order valence-corrected chi connectivity index (χ2v) is 4.71. The molecule has 3 nitrogen and oxygen atoms in total. The maximum atomic E-state index is 13.0. The van der Waals surface area contributed by atoms with Crippen molar-refractivity contribution >= 4 is 5.91 Å². The number of aliphatic hydroxyl groups is 1. The van der Waals surface area contributed by atoms with Gasteiger partial charge >= 0.3 is 0 Å². The summed E-state index contributed by atoms with van der Waals surface area (Å²) in [6, 6.07) is 11.9. The first kappa shape index (κ1) is 15.1. The summed E-state index contributed by atoms with van der Waals surface area (Å²) in [5, 5.41) is 12.3. The fourth-order valence-corrected chi connectivity index (χ4v) is 1.96. The Balaban J connectivity index is 1.88. The first-order valence-electron chi connectivity index (χ1n) is 6.51. The van der Waals surface area contributed by atoms with E-state index in [9.17, 15) is 18.7 Å². The second kappa shape index (κ2) is 6.95. The molecular weight excluding hydrogens is 276 g/mol. The average molecular weight is 291 g/mol. The first-order valence-corrected chi connectivity index (χ1v) is 6.51. The number of rotatable bonds is 5. The van der Waals surface area contributed by atoms with Crippen LogP contribution in [0.15, 0.2) is 48.5 Å². The largest absolute Gasteiger partial charge is 0.391 e. The van der Waals surface area contributed by atoms with E-state index < -0.39 is 23.6 Å². The van der Waals surface area contributed by atoms with E-state index >= 15 is 0 Å². The van der Waals surface area contributed by atoms with Crippen LogP contribution in [0.5, 0.6) is 0 Å². The maximum Gasteiger partial charge on any atom is 0.251 e. The molecule has 0 aliphatic rings. The predicted molar refractivity (Wildman–Crippen MR) is 74.8 cm³/mol. The molecule has 0 heterocycles. The van der Waals surface area contributed by atoms with Crippen LogP contribution in [0.25, 0.3) is 0 Å². The first-order chi connectivity index (χ1) is 10.0. The third-order valence-electron chi connectivity index (χ3n) is 2.94. The fraction of sp³-hybridized carbons (Fsp3) is 0.188. The number of carbonyl (C=O) groups is 1. The standard InChI is InChI=1S/C16H15F2NO2/c17-13-7-12(8-14(18)9-13)16(21)19-10-15(20)6-11-4-2-1-3-5-11/h1-5,7-9,15,20H,6,10H2,(H,19,21). The smallest absolute Gasteiger partial charge is 0.251 e. The number of aliphatic hydroxyl groups excluding tert-OH is 1. The van der Waals surface area contributed by atoms with Gasteiger partial charge in [-0.25, -0.2) is 8.78 Å². The molecule has 2 N–H and O–H groups in total. The Hall–Kier alpha value is -2.27. The summed E-state index contributed by atoms with van der Waals surface area (Å²) in [5.74, 6) is -2.25. The van der Waals surface area contributed by atoms with E-state index in [4.69, 9.17) is 0 Å². The minimum absolute atomic E-state index is 0.00581. The van der Waals surface area contributed by atoms with Crippen molar-refractivity contribution in [2.45, 2.75) is 12.5 Å². The fourth-order valence-electron chi connectivity index (χ4n) is 1.96. The quantitative estimate of drug-likeness (QED) is 0.888. The van der Waals surface area contributed by atoms with Gasteiger partial charge in [0.1, 0.15) is 11.6 Å². The normalized spacial score (nSPS) is 12.0. The number of carbonyl (C=O) groups excluding carboxylic acids is 1. The van der Waals surface area contributed by atoms with Crippen molar-refractivity contribution in [2.24, 2.45) is 0 Å². The van der Waals surface area contributed by atoms with E-state index in [1.54, 1.807) is 0 Å². The van der Waals surface area contributed by atoms with Crippen LogP contribution in [0, 0.1) is 11.6 Å². The van der Waals surface area contributed by atoms with Gasteiger partial charge < -0.3 is 10.4 Å². The van der Waals surface area contributed by atoms with Gasteiger partial charge in [-0.05, 0) is 17.7 Å². The molecule has 0 spiro atoms. The molecule has 0 aliphatic heterocycles. The van der Waals surface area contributed by atoms with E-state index in [0.29, 0.717) is 12.5 Å². The van der Waals surface area contributed by atoms with Crippen LogP contribution >= 0.6 is 0 Å². The van der Waals surface area contributed by atoms with E-state index in [1.807, 2.05) is 30.3 Å². The van der Waals surface area contributed by atoms with Gasteiger partial charge in [0.15, 0.2) is 0 Å². The number of hydrogen-bond acceptors (Lipinski definition) is 2. The number of benzene rings is 2. The molecule has 110 valence electrons. The maximum absolute atomic E-state index is 13.0. The Morgan fingerprint density at radius 2 is 1.71 bits per heavy atom. The highest BCUT2D eigenvalue weighted by atomic mass is 19.1. The molecule has 0 aromatic heterocycles. The molecule has 0 saturated carbocycles. The SMILES string of the molecule is O=C(NCC(O)Cc1ccccc1)c1cc(F)cc(F)c1. The summed E-state index contributed by atoms with van der Waals surface area (Å²) < 4.78 is 26.0. The Labute approximate surface area is 121 Å². The Kier molecular flexibility index (Phi) is 5.00. The van der Waals surface area contributed by atoms with Gasteiger partial charge in [0.2, 0.25) is 0 Å². The third kappa shape index (κ3) is 4.65. The molecule has 0 aliphatic carbocycles. The van der Waals surface area contributed by atoms with Gasteiger partial charge in [-0.2, -0.15) is 0 Å². The Morgan fingerprint density at radius 1 is 1.10 bits per heavy atom. The van der Waals surface area contributed by atoms with Gasteiger partial charge in [-0.1, -0.05) is 30.3 Å². The number of hydrogen-bond donors (Lipinski definition) is 2. The van der Waals surface area contributed by atoms with Gasteiger partial charge in [0, 0.05) is 24.6 Å². The lowest BCUT2D eigenvalue weighted by molar-refractivity contribution is 0.0915. The highest BCUT2D eigenvalue weighted by molar-refractivity contribution is 5.94. The van der Waals surface area contributed by atoms with E-state index in [-0.39, 0.29) is 12.1 Å². The summed E-state index contributed by atoms with van der Waals surface area (Å²) in [6.45, 7) is 0.00581. The summed E-state index contributed by atoms with van der Waals surface area (Å²) in [7, 11) is 0. The van der Waals surface area contributed by atoms with Gasteiger partial charge in [-0.15, -0.1) is 0 Å². The molecule has 1 unspecified atom stereocenters. The molecule has 0 bridgehead atoms. The summed E-state index contributed by atoms with van der Waals surface area (Å²) in [5.41, 5.74) is 0.829. The van der Waals surface area contributed by atoms with Crippen molar-refractivity contribution in [3.63, 3.8) is 0 Å². The third-order valence-corrected chi connectivity index (χ3v) is 2.94. The van der Waals surface area contributed by atoms with E-state index in [0.717, 1.165) is 17.7 Å². The van der Waals surface area contributed by atoms with E-state index in [2.05, 4.69) is 5.32 Å². The summed E-state index contributed by atoms with van der Waals surface area (Å²) in [4.78, 5) is 11.8. The van der Waals surface area contributed by atoms with Crippen molar-refractivity contribution in [2.75, 3.05) is 6.54 Å². The van der Waals surface area contributed by atoms with Crippen LogP contribution in [-0.4, -0.2) is 23.7 Å². The van der Waals surface area contributed by atoms with Gasteiger partial charge in [-0.3, -0.25) is 4.79 Å². The Bertz CT molecular complexity index is 597.